The molecule has 130 valence electrons. The van der Waals surface area contributed by atoms with Crippen molar-refractivity contribution in [3.05, 3.63) is 58.4 Å². The van der Waals surface area contributed by atoms with E-state index in [1.54, 1.807) is 19.2 Å². The van der Waals surface area contributed by atoms with Gasteiger partial charge in [-0.15, -0.1) is 0 Å². The van der Waals surface area contributed by atoms with Crippen LogP contribution in [-0.2, 0) is 13.0 Å². The molecule has 0 aliphatic heterocycles. The third-order valence-corrected chi connectivity index (χ3v) is 4.09. The molecule has 0 amide bonds. The Bertz CT molecular complexity index is 656. The smallest absolute Gasteiger partial charge is 0.161 e. The van der Waals surface area contributed by atoms with Crippen molar-refractivity contribution in [3.63, 3.8) is 0 Å². The molecule has 0 atom stereocenters. The first kappa shape index (κ1) is 18.6. The minimum atomic E-state index is -0.373. The van der Waals surface area contributed by atoms with E-state index in [2.05, 4.69) is 19.0 Å². The Labute approximate surface area is 147 Å². The Morgan fingerprint density at radius 3 is 2.58 bits per heavy atom. The average molecular weight is 352 g/mol. The van der Waals surface area contributed by atoms with E-state index in [4.69, 9.17) is 21.1 Å². The standard InChI is InChI=1S/C19H23ClFNO2/c1-22(2)11-5-6-14-9-10-18(19(12-14)23-3)24-13-15-16(20)7-4-8-17(15)21/h4,7-10,12H,5-6,11,13H2,1-3H3. The molecule has 0 fully saturated rings. The highest BCUT2D eigenvalue weighted by atomic mass is 35.5. The van der Waals surface area contributed by atoms with Crippen LogP contribution in [-0.4, -0.2) is 32.6 Å². The van der Waals surface area contributed by atoms with E-state index in [0.717, 1.165) is 19.4 Å². The molecule has 24 heavy (non-hydrogen) atoms. The molecule has 0 saturated carbocycles. The summed E-state index contributed by atoms with van der Waals surface area (Å²) in [6.07, 6.45) is 2.04. The lowest BCUT2D eigenvalue weighted by Crippen LogP contribution is -2.13. The van der Waals surface area contributed by atoms with Crippen LogP contribution in [0.15, 0.2) is 36.4 Å². The number of halogens is 2. The van der Waals surface area contributed by atoms with E-state index in [1.165, 1.54) is 11.6 Å². The maximum Gasteiger partial charge on any atom is 0.161 e. The van der Waals surface area contributed by atoms with Crippen LogP contribution in [0, 0.1) is 5.82 Å². The van der Waals surface area contributed by atoms with Gasteiger partial charge in [0.05, 0.1) is 12.1 Å². The van der Waals surface area contributed by atoms with Crippen LogP contribution in [0.25, 0.3) is 0 Å². The number of nitrogens with zero attached hydrogens (tertiary/aromatic N) is 1. The van der Waals surface area contributed by atoms with Gasteiger partial charge in [0.25, 0.3) is 0 Å². The lowest BCUT2D eigenvalue weighted by Gasteiger charge is -2.14. The minimum Gasteiger partial charge on any atom is -0.493 e. The van der Waals surface area contributed by atoms with Gasteiger partial charge in [0.1, 0.15) is 12.4 Å². The van der Waals surface area contributed by atoms with Crippen molar-refractivity contribution in [2.24, 2.45) is 0 Å². The van der Waals surface area contributed by atoms with Gasteiger partial charge in [0.2, 0.25) is 0 Å². The van der Waals surface area contributed by atoms with E-state index in [0.29, 0.717) is 22.1 Å². The fraction of sp³-hybridized carbons (Fsp3) is 0.368. The van der Waals surface area contributed by atoms with Crippen molar-refractivity contribution in [1.29, 1.82) is 0 Å². The lowest BCUT2D eigenvalue weighted by molar-refractivity contribution is 0.279. The Balaban J connectivity index is 2.05. The quantitative estimate of drug-likeness (QED) is 0.695. The van der Waals surface area contributed by atoms with Crippen LogP contribution in [0.3, 0.4) is 0 Å². The number of benzene rings is 2. The molecule has 0 spiro atoms. The van der Waals surface area contributed by atoms with Crippen molar-refractivity contribution in [2.75, 3.05) is 27.7 Å². The van der Waals surface area contributed by atoms with Gasteiger partial charge in [-0.25, -0.2) is 4.39 Å². The predicted molar refractivity (Wildman–Crippen MR) is 95.6 cm³/mol. The predicted octanol–water partition coefficient (Wildman–Crippen LogP) is 4.56. The summed E-state index contributed by atoms with van der Waals surface area (Å²) >= 11 is 6.02. The van der Waals surface area contributed by atoms with Crippen molar-refractivity contribution in [3.8, 4) is 11.5 Å². The van der Waals surface area contributed by atoms with E-state index in [-0.39, 0.29) is 12.4 Å². The SMILES string of the molecule is COc1cc(CCCN(C)C)ccc1OCc1c(F)cccc1Cl. The molecule has 2 aromatic carbocycles. The molecule has 0 aromatic heterocycles. The van der Waals surface area contributed by atoms with Gasteiger partial charge in [-0.2, -0.15) is 0 Å². The summed E-state index contributed by atoms with van der Waals surface area (Å²) in [7, 11) is 5.72. The minimum absolute atomic E-state index is 0.0574. The molecule has 0 radical (unpaired) electrons. The number of aryl methyl sites for hydroxylation is 1. The highest BCUT2D eigenvalue weighted by molar-refractivity contribution is 6.31. The second kappa shape index (κ2) is 8.90. The summed E-state index contributed by atoms with van der Waals surface area (Å²) in [5.74, 6) is 0.847. The molecule has 0 unspecified atom stereocenters. The molecule has 0 aliphatic carbocycles. The van der Waals surface area contributed by atoms with Crippen molar-refractivity contribution >= 4 is 11.6 Å². The summed E-state index contributed by atoms with van der Waals surface area (Å²) in [5, 5.41) is 0.356. The fourth-order valence-electron chi connectivity index (χ4n) is 2.41. The molecule has 0 heterocycles. The van der Waals surface area contributed by atoms with E-state index in [9.17, 15) is 4.39 Å². The Kier molecular flexibility index (Phi) is 6.88. The van der Waals surface area contributed by atoms with E-state index >= 15 is 0 Å². The molecule has 5 heteroatoms. The molecule has 2 aromatic rings. The molecule has 0 bridgehead atoms. The highest BCUT2D eigenvalue weighted by Crippen LogP contribution is 2.30. The van der Waals surface area contributed by atoms with Crippen LogP contribution in [0.1, 0.15) is 17.5 Å². The highest BCUT2D eigenvalue weighted by Gasteiger charge is 2.11. The lowest BCUT2D eigenvalue weighted by atomic mass is 10.1. The first-order chi connectivity index (χ1) is 11.5. The van der Waals surface area contributed by atoms with Crippen LogP contribution in [0.4, 0.5) is 4.39 Å². The third kappa shape index (κ3) is 5.11. The maximum atomic E-state index is 13.8. The molecule has 3 nitrogen and oxygen atoms in total. The monoisotopic (exact) mass is 351 g/mol. The topological polar surface area (TPSA) is 21.7 Å². The number of hydrogen-bond acceptors (Lipinski definition) is 3. The Hall–Kier alpha value is -1.78. The Morgan fingerprint density at radius 1 is 1.12 bits per heavy atom. The van der Waals surface area contributed by atoms with E-state index < -0.39 is 0 Å². The van der Waals surface area contributed by atoms with Crippen LogP contribution >= 0.6 is 11.6 Å². The second-order valence-electron chi connectivity index (χ2n) is 5.88. The van der Waals surface area contributed by atoms with Gasteiger partial charge in [-0.1, -0.05) is 23.7 Å². The first-order valence-corrected chi connectivity index (χ1v) is 8.26. The van der Waals surface area contributed by atoms with Crippen molar-refractivity contribution in [1.82, 2.24) is 4.90 Å². The molecular weight excluding hydrogens is 329 g/mol. The zero-order valence-corrected chi connectivity index (χ0v) is 15.1. The van der Waals surface area contributed by atoms with Gasteiger partial charge >= 0.3 is 0 Å². The summed E-state index contributed by atoms with van der Waals surface area (Å²) in [5.41, 5.74) is 1.53. The van der Waals surface area contributed by atoms with Gasteiger partial charge in [-0.3, -0.25) is 0 Å². The van der Waals surface area contributed by atoms with Crippen molar-refractivity contribution in [2.45, 2.75) is 19.4 Å². The first-order valence-electron chi connectivity index (χ1n) is 7.88. The molecule has 0 saturated heterocycles. The van der Waals surface area contributed by atoms with Gasteiger partial charge in [0, 0.05) is 5.56 Å². The Morgan fingerprint density at radius 2 is 1.92 bits per heavy atom. The zero-order valence-electron chi connectivity index (χ0n) is 14.3. The number of methoxy groups -OCH3 is 1. The van der Waals surface area contributed by atoms with Crippen molar-refractivity contribution < 1.29 is 13.9 Å². The fourth-order valence-corrected chi connectivity index (χ4v) is 2.62. The zero-order chi connectivity index (χ0) is 17.5. The summed E-state index contributed by atoms with van der Waals surface area (Å²) in [6, 6.07) is 10.4. The van der Waals surface area contributed by atoms with Crippen LogP contribution in [0.5, 0.6) is 11.5 Å². The van der Waals surface area contributed by atoms with Gasteiger partial charge in [0.15, 0.2) is 11.5 Å². The van der Waals surface area contributed by atoms with Crippen LogP contribution < -0.4 is 9.47 Å². The number of rotatable bonds is 8. The summed E-state index contributed by atoms with van der Waals surface area (Å²) in [4.78, 5) is 2.16. The number of hydrogen-bond donors (Lipinski definition) is 0. The molecule has 0 N–H and O–H groups in total. The maximum absolute atomic E-state index is 13.8. The van der Waals surface area contributed by atoms with Gasteiger partial charge < -0.3 is 14.4 Å². The normalized spacial score (nSPS) is 10.9. The molecular formula is C19H23ClFNO2. The molecule has 0 aliphatic rings. The third-order valence-electron chi connectivity index (χ3n) is 3.73. The largest absolute Gasteiger partial charge is 0.493 e. The molecule has 2 rings (SSSR count). The number of ether oxygens (including phenoxy) is 2. The van der Waals surface area contributed by atoms with Crippen LogP contribution in [0.2, 0.25) is 5.02 Å². The summed E-state index contributed by atoms with van der Waals surface area (Å²) in [6.45, 7) is 1.09. The second-order valence-corrected chi connectivity index (χ2v) is 6.29. The average Bonchev–Trinajstić information content (AvgIpc) is 2.54. The van der Waals surface area contributed by atoms with Gasteiger partial charge in [-0.05, 0) is 63.3 Å². The van der Waals surface area contributed by atoms with E-state index in [1.807, 2.05) is 18.2 Å². The summed E-state index contributed by atoms with van der Waals surface area (Å²) < 4.78 is 24.9.